The van der Waals surface area contributed by atoms with Gasteiger partial charge in [0.2, 0.25) is 0 Å². The van der Waals surface area contributed by atoms with Crippen LogP contribution < -0.4 is 4.89 Å². The Hall–Kier alpha value is -2.55. The van der Waals surface area contributed by atoms with Crippen molar-refractivity contribution in [1.82, 2.24) is 0 Å². The molecule has 58 heavy (non-hydrogen) atoms. The highest BCUT2D eigenvalue weighted by Gasteiger charge is 2.21. The molecular weight excluding hydrogens is 750 g/mol. The lowest BCUT2D eigenvalue weighted by Crippen LogP contribution is -2.37. The summed E-state index contributed by atoms with van der Waals surface area (Å²) in [4.78, 5) is 37.5. The molecule has 0 aromatic rings. The Bertz CT molecular complexity index is 1220. The van der Waals surface area contributed by atoms with Gasteiger partial charge in [-0.1, -0.05) is 170 Å². The minimum absolute atomic E-state index is 0.0419. The second kappa shape index (κ2) is 39.9. The maximum Gasteiger partial charge on any atom is 0.306 e. The summed E-state index contributed by atoms with van der Waals surface area (Å²) in [6, 6.07) is 0. The molecule has 0 bridgehead atoms. The van der Waals surface area contributed by atoms with Crippen LogP contribution in [-0.2, 0) is 32.7 Å². The molecule has 0 saturated heterocycles. The Kier molecular flexibility index (Phi) is 38.1. The quantitative estimate of drug-likeness (QED) is 0.0150. The van der Waals surface area contributed by atoms with Gasteiger partial charge in [0.1, 0.15) is 19.8 Å². The van der Waals surface area contributed by atoms with Gasteiger partial charge in [0.15, 0.2) is 6.10 Å². The number of ether oxygens (including phenoxy) is 2. The van der Waals surface area contributed by atoms with E-state index in [2.05, 4.69) is 50.3 Å². The number of carbonyl (C=O) groups excluding carboxylic acids is 2. The molecule has 0 rings (SSSR count). The lowest BCUT2D eigenvalue weighted by atomic mass is 10.0. The van der Waals surface area contributed by atoms with Crippen LogP contribution in [0.25, 0.3) is 0 Å². The normalized spacial score (nSPS) is 14.2. The third kappa shape index (κ3) is 43.0. The van der Waals surface area contributed by atoms with E-state index in [4.69, 9.17) is 18.5 Å². The third-order valence-electron chi connectivity index (χ3n) is 9.32. The maximum absolute atomic E-state index is 12.6. The molecule has 0 N–H and O–H groups in total. The molecule has 0 saturated carbocycles. The van der Waals surface area contributed by atoms with Crippen LogP contribution in [0, 0.1) is 0 Å². The van der Waals surface area contributed by atoms with Crippen molar-refractivity contribution in [1.29, 1.82) is 0 Å². The Morgan fingerprint density at radius 3 is 1.59 bits per heavy atom. The minimum atomic E-state index is -4.64. The molecule has 2 atom stereocenters. The van der Waals surface area contributed by atoms with Crippen molar-refractivity contribution in [3.05, 3.63) is 72.9 Å². The lowest BCUT2D eigenvalue weighted by molar-refractivity contribution is -0.870. The summed E-state index contributed by atoms with van der Waals surface area (Å²) in [5.74, 6) is -0.885. The molecule has 0 amide bonds. The van der Waals surface area contributed by atoms with Crippen molar-refractivity contribution < 1.29 is 42.1 Å². The van der Waals surface area contributed by atoms with Gasteiger partial charge >= 0.3 is 11.9 Å². The number of quaternary nitrogens is 1. The van der Waals surface area contributed by atoms with Crippen molar-refractivity contribution in [2.75, 3.05) is 47.5 Å². The Morgan fingerprint density at radius 1 is 0.552 bits per heavy atom. The number of carbonyl (C=O) groups is 2. The number of phosphoric ester groups is 1. The van der Waals surface area contributed by atoms with Crippen LogP contribution in [-0.4, -0.2) is 70.0 Å². The van der Waals surface area contributed by atoms with Crippen LogP contribution >= 0.6 is 7.82 Å². The van der Waals surface area contributed by atoms with E-state index in [1.807, 2.05) is 57.6 Å². The number of likely N-dealkylation sites (N-methyl/N-ethyl adjacent to an activating group) is 1. The maximum atomic E-state index is 12.6. The molecule has 0 aliphatic heterocycles. The molecular formula is C48H84NO8P. The molecule has 334 valence electrons. The number of unbranched alkanes of at least 4 members (excludes halogenated alkanes) is 17. The van der Waals surface area contributed by atoms with Crippen molar-refractivity contribution >= 4 is 19.8 Å². The number of phosphoric acid groups is 1. The van der Waals surface area contributed by atoms with E-state index in [1.165, 1.54) is 77.0 Å². The van der Waals surface area contributed by atoms with E-state index < -0.39 is 32.5 Å². The first-order valence-corrected chi connectivity index (χ1v) is 24.2. The average molecular weight is 834 g/mol. The standard InChI is InChI=1S/C48H84NO8P/c1-6-8-10-12-14-16-18-20-21-22-23-24-25-26-27-29-30-32-34-36-38-40-47(50)54-44-46(45-56-58(52,53)55-43-42-49(3,4)5)57-48(51)41-39-37-35-33-31-28-19-17-15-13-11-9-7-2/h8-11,13-17,19,28,31,46H,6-7,12,18,20-27,29-30,32-45H2,1-5H3/b10-8+,11-9+,15-13+,16-14+,19-17+,31-28+. The van der Waals surface area contributed by atoms with E-state index in [-0.39, 0.29) is 26.1 Å². The summed E-state index contributed by atoms with van der Waals surface area (Å²) in [5.41, 5.74) is 0. The van der Waals surface area contributed by atoms with Crippen LogP contribution in [0.4, 0.5) is 0 Å². The topological polar surface area (TPSA) is 111 Å². The van der Waals surface area contributed by atoms with Crippen molar-refractivity contribution in [3.8, 4) is 0 Å². The number of allylic oxidation sites excluding steroid dienone is 12. The van der Waals surface area contributed by atoms with Gasteiger partial charge in [0, 0.05) is 12.8 Å². The highest BCUT2D eigenvalue weighted by molar-refractivity contribution is 7.45. The van der Waals surface area contributed by atoms with E-state index in [9.17, 15) is 19.0 Å². The minimum Gasteiger partial charge on any atom is -0.756 e. The zero-order valence-corrected chi connectivity index (χ0v) is 38.4. The largest absolute Gasteiger partial charge is 0.756 e. The molecule has 2 unspecified atom stereocenters. The third-order valence-corrected chi connectivity index (χ3v) is 10.3. The monoisotopic (exact) mass is 834 g/mol. The zero-order valence-electron chi connectivity index (χ0n) is 37.5. The molecule has 0 aromatic heterocycles. The number of hydrogen-bond acceptors (Lipinski definition) is 8. The van der Waals surface area contributed by atoms with Gasteiger partial charge in [-0.2, -0.15) is 0 Å². The summed E-state index contributed by atoms with van der Waals surface area (Å²) in [7, 11) is 1.13. The molecule has 0 aliphatic carbocycles. The van der Waals surface area contributed by atoms with Crippen LogP contribution in [0.15, 0.2) is 72.9 Å². The number of nitrogens with zero attached hydrogens (tertiary/aromatic N) is 1. The van der Waals surface area contributed by atoms with Crippen LogP contribution in [0.1, 0.15) is 168 Å². The summed E-state index contributed by atoms with van der Waals surface area (Å²) in [5, 5.41) is 0. The van der Waals surface area contributed by atoms with Gasteiger partial charge in [-0.25, -0.2) is 0 Å². The molecule has 0 spiro atoms. The van der Waals surface area contributed by atoms with Crippen LogP contribution in [0.5, 0.6) is 0 Å². The van der Waals surface area contributed by atoms with Crippen LogP contribution in [0.3, 0.4) is 0 Å². The molecule has 0 aliphatic rings. The number of hydrogen-bond donors (Lipinski definition) is 0. The smallest absolute Gasteiger partial charge is 0.306 e. The molecule has 9 nitrogen and oxygen atoms in total. The van der Waals surface area contributed by atoms with Crippen molar-refractivity contribution in [2.24, 2.45) is 0 Å². The number of esters is 2. The van der Waals surface area contributed by atoms with Gasteiger partial charge in [-0.05, 0) is 57.8 Å². The molecule has 0 aromatic carbocycles. The highest BCUT2D eigenvalue weighted by atomic mass is 31.2. The van der Waals surface area contributed by atoms with Gasteiger partial charge in [-0.15, -0.1) is 0 Å². The SMILES string of the molecule is CC/C=C/C=C/C=C/C=C/CCCCCC(=O)OC(COC(=O)CCCCCCCCCCCCCCCC/C=C/C/C=C/CC)COP(=O)([O-])OCC[N+](C)(C)C. The number of rotatable bonds is 40. The molecule has 0 radical (unpaired) electrons. The molecule has 10 heteroatoms. The fourth-order valence-electron chi connectivity index (χ4n) is 5.82. The van der Waals surface area contributed by atoms with E-state index in [0.29, 0.717) is 17.4 Å². The van der Waals surface area contributed by atoms with E-state index in [0.717, 1.165) is 57.8 Å². The first-order valence-electron chi connectivity index (χ1n) is 22.7. The predicted molar refractivity (Wildman–Crippen MR) is 240 cm³/mol. The summed E-state index contributed by atoms with van der Waals surface area (Å²) >= 11 is 0. The lowest BCUT2D eigenvalue weighted by Gasteiger charge is -2.28. The van der Waals surface area contributed by atoms with Crippen molar-refractivity contribution in [2.45, 2.75) is 174 Å². The van der Waals surface area contributed by atoms with E-state index in [1.54, 1.807) is 0 Å². The van der Waals surface area contributed by atoms with Gasteiger partial charge in [-0.3, -0.25) is 14.2 Å². The summed E-state index contributed by atoms with van der Waals surface area (Å²) < 4.78 is 33.9. The highest BCUT2D eigenvalue weighted by Crippen LogP contribution is 2.38. The summed E-state index contributed by atoms with van der Waals surface area (Å²) in [6.07, 6.45) is 49.4. The van der Waals surface area contributed by atoms with Gasteiger partial charge < -0.3 is 27.9 Å². The first kappa shape index (κ1) is 55.5. The van der Waals surface area contributed by atoms with Gasteiger partial charge in [0.25, 0.3) is 7.82 Å². The Balaban J connectivity index is 4.30. The second-order valence-corrected chi connectivity index (χ2v) is 17.5. The average Bonchev–Trinajstić information content (AvgIpc) is 3.17. The Labute approximate surface area is 355 Å². The van der Waals surface area contributed by atoms with Crippen LogP contribution in [0.2, 0.25) is 0 Å². The van der Waals surface area contributed by atoms with Crippen molar-refractivity contribution in [3.63, 3.8) is 0 Å². The fourth-order valence-corrected chi connectivity index (χ4v) is 6.55. The predicted octanol–water partition coefficient (Wildman–Crippen LogP) is 12.4. The Morgan fingerprint density at radius 2 is 1.02 bits per heavy atom. The molecule has 0 fully saturated rings. The zero-order chi connectivity index (χ0) is 42.8. The fraction of sp³-hybridized carbons (Fsp3) is 0.708. The molecule has 0 heterocycles. The van der Waals surface area contributed by atoms with Gasteiger partial charge in [0.05, 0.1) is 27.7 Å². The van der Waals surface area contributed by atoms with E-state index >= 15 is 0 Å². The second-order valence-electron chi connectivity index (χ2n) is 16.1. The first-order chi connectivity index (χ1) is 28.0. The summed E-state index contributed by atoms with van der Waals surface area (Å²) in [6.45, 7) is 3.93.